The van der Waals surface area contributed by atoms with Gasteiger partial charge in [0, 0.05) is 24.7 Å². The van der Waals surface area contributed by atoms with Crippen LogP contribution in [0.5, 0.6) is 0 Å². The highest BCUT2D eigenvalue weighted by molar-refractivity contribution is 6.17. The van der Waals surface area contributed by atoms with E-state index in [1.807, 2.05) is 0 Å². The molecule has 2 heterocycles. The van der Waals surface area contributed by atoms with E-state index in [4.69, 9.17) is 11.5 Å². The van der Waals surface area contributed by atoms with Crippen LogP contribution in [0.2, 0.25) is 0 Å². The van der Waals surface area contributed by atoms with Crippen LogP contribution in [0.3, 0.4) is 0 Å². The molecule has 0 spiro atoms. The molecule has 1 fully saturated rings. The predicted molar refractivity (Wildman–Crippen MR) is 163 cm³/mol. The summed E-state index contributed by atoms with van der Waals surface area (Å²) in [4.78, 5) is 55.1. The topological polar surface area (TPSA) is 199 Å². The number of hydrogen-bond acceptors (Lipinski definition) is 9. The van der Waals surface area contributed by atoms with Gasteiger partial charge in [-0.3, -0.25) is 19.4 Å². The van der Waals surface area contributed by atoms with Crippen LogP contribution in [0.15, 0.2) is 64.3 Å². The van der Waals surface area contributed by atoms with Crippen LogP contribution in [-0.4, -0.2) is 54.6 Å². The number of aromatic nitrogens is 6. The number of H-pyrrole nitrogens is 2. The van der Waals surface area contributed by atoms with Crippen molar-refractivity contribution in [2.24, 2.45) is 30.4 Å². The Labute approximate surface area is 253 Å². The minimum atomic E-state index is -1.00. The summed E-state index contributed by atoms with van der Waals surface area (Å²) >= 11 is 0. The second kappa shape index (κ2) is 13.7. The van der Waals surface area contributed by atoms with E-state index in [1.165, 1.54) is 15.7 Å². The smallest absolute Gasteiger partial charge is 0.328 e. The quantitative estimate of drug-likeness (QED) is 0.229. The number of rotatable bonds is 8. The van der Waals surface area contributed by atoms with E-state index in [0.717, 1.165) is 18.4 Å². The van der Waals surface area contributed by atoms with Gasteiger partial charge >= 0.3 is 5.69 Å². The van der Waals surface area contributed by atoms with Crippen molar-refractivity contribution < 1.29 is 9.59 Å². The first-order valence-electron chi connectivity index (χ1n) is 13.8. The van der Waals surface area contributed by atoms with Crippen LogP contribution >= 0.6 is 12.4 Å². The summed E-state index contributed by atoms with van der Waals surface area (Å²) in [7, 11) is 1.55. The van der Waals surface area contributed by atoms with Crippen molar-refractivity contribution in [3.05, 3.63) is 81.1 Å². The highest BCUT2D eigenvalue weighted by atomic mass is 35.5. The third-order valence-corrected chi connectivity index (χ3v) is 7.85. The number of tetrazole rings is 1. The number of aryl methyl sites for hydroxylation is 1. The molecule has 0 bridgehead atoms. The maximum Gasteiger partial charge on any atom is 0.328 e. The molecule has 13 nitrogen and oxygen atoms in total. The molecule has 2 amide bonds. The number of carbonyl (C=O) groups is 2. The van der Waals surface area contributed by atoms with Gasteiger partial charge in [0.1, 0.15) is 0 Å². The van der Waals surface area contributed by atoms with Gasteiger partial charge in [0.15, 0.2) is 0 Å². The van der Waals surface area contributed by atoms with E-state index in [0.29, 0.717) is 53.5 Å². The Hall–Kier alpha value is -4.46. The molecule has 1 saturated carbocycles. The Bertz CT molecular complexity index is 1660. The number of halogens is 1. The fourth-order valence-electron chi connectivity index (χ4n) is 5.33. The molecule has 0 unspecified atom stereocenters. The van der Waals surface area contributed by atoms with Crippen molar-refractivity contribution >= 4 is 29.9 Å². The van der Waals surface area contributed by atoms with Crippen LogP contribution in [0.4, 0.5) is 5.69 Å². The molecule has 2 aromatic heterocycles. The Morgan fingerprint density at radius 3 is 2.28 bits per heavy atom. The number of nitrogens with one attached hydrogen (secondary N) is 2. The fourth-order valence-corrected chi connectivity index (χ4v) is 5.33. The molecule has 0 aliphatic heterocycles. The molecule has 1 aliphatic rings. The molecule has 1 atom stereocenters. The van der Waals surface area contributed by atoms with Gasteiger partial charge in [-0.2, -0.15) is 5.21 Å². The first-order chi connectivity index (χ1) is 20.2. The van der Waals surface area contributed by atoms with Crippen molar-refractivity contribution in [3.8, 4) is 22.5 Å². The van der Waals surface area contributed by atoms with Gasteiger partial charge in [-0.25, -0.2) is 9.69 Å². The standard InChI is InChI=1S/C29H33N9O4.ClH/c1-37-16-23(26(39)32-29(37)42)19-6-2-17(3-7-19)14-24(31)28(41)38(27(40)21-8-4-18(15-30)5-9-21)22-12-10-20(11-13-22)25-33-35-36-34-25;/h2-3,6-7,10-13,16,18,21,24H,4-5,8-9,14-15,30-31H2,1H3,(H,32,39,42)(H,33,34,35,36);1H/t18?,21?,24-;/m0./s1. The van der Waals surface area contributed by atoms with E-state index in [1.54, 1.807) is 55.6 Å². The number of anilines is 1. The number of aromatic amines is 2. The number of carbonyl (C=O) groups excluding carboxylic acids is 2. The number of nitrogens with zero attached hydrogens (tertiary/aromatic N) is 5. The summed E-state index contributed by atoms with van der Waals surface area (Å²) < 4.78 is 1.29. The van der Waals surface area contributed by atoms with Gasteiger partial charge in [0.2, 0.25) is 11.7 Å². The van der Waals surface area contributed by atoms with E-state index in [-0.39, 0.29) is 30.7 Å². The molecule has 0 saturated heterocycles. The molecule has 4 aromatic rings. The summed E-state index contributed by atoms with van der Waals surface area (Å²) in [5.74, 6) is -0.311. The van der Waals surface area contributed by atoms with Crippen molar-refractivity contribution in [2.45, 2.75) is 38.1 Å². The zero-order chi connectivity index (χ0) is 29.8. The molecule has 6 N–H and O–H groups in total. The monoisotopic (exact) mass is 607 g/mol. The van der Waals surface area contributed by atoms with Crippen molar-refractivity contribution in [3.63, 3.8) is 0 Å². The Balaban J connectivity index is 0.00000423. The van der Waals surface area contributed by atoms with Crippen LogP contribution in [-0.2, 0) is 23.1 Å². The average Bonchev–Trinajstić information content (AvgIpc) is 3.55. The van der Waals surface area contributed by atoms with Crippen LogP contribution < -0.4 is 27.6 Å². The third-order valence-electron chi connectivity index (χ3n) is 7.85. The van der Waals surface area contributed by atoms with Crippen LogP contribution in [0.1, 0.15) is 31.2 Å². The van der Waals surface area contributed by atoms with Crippen molar-refractivity contribution in [2.75, 3.05) is 11.4 Å². The summed E-state index contributed by atoms with van der Waals surface area (Å²) in [5.41, 5.74) is 14.1. The molecule has 5 rings (SSSR count). The summed E-state index contributed by atoms with van der Waals surface area (Å²) in [5, 5.41) is 13.9. The SMILES string of the molecule is Cl.Cn1cc(-c2ccc(C[C@H](N)C(=O)N(C(=O)C3CCC(CN)CC3)c3ccc(-c4nn[nH]n4)cc3)cc2)c(=O)[nH]c1=O. The lowest BCUT2D eigenvalue weighted by molar-refractivity contribution is -0.130. The van der Waals surface area contributed by atoms with E-state index in [9.17, 15) is 19.2 Å². The lowest BCUT2D eigenvalue weighted by Gasteiger charge is -2.32. The Morgan fingerprint density at radius 2 is 1.67 bits per heavy atom. The molecule has 2 aromatic carbocycles. The highest BCUT2D eigenvalue weighted by Gasteiger charge is 2.35. The molecule has 226 valence electrons. The van der Waals surface area contributed by atoms with Gasteiger partial charge in [0.25, 0.3) is 11.5 Å². The molecular formula is C29H34ClN9O4. The summed E-state index contributed by atoms with van der Waals surface area (Å²) in [6.45, 7) is 0.585. The lowest BCUT2D eigenvalue weighted by atomic mass is 9.81. The van der Waals surface area contributed by atoms with E-state index in [2.05, 4.69) is 25.6 Å². The van der Waals surface area contributed by atoms with E-state index >= 15 is 0 Å². The number of imide groups is 1. The molecular weight excluding hydrogens is 574 g/mol. The highest BCUT2D eigenvalue weighted by Crippen LogP contribution is 2.32. The second-order valence-corrected chi connectivity index (χ2v) is 10.7. The average molecular weight is 608 g/mol. The predicted octanol–water partition coefficient (Wildman–Crippen LogP) is 1.54. The van der Waals surface area contributed by atoms with Gasteiger partial charge in [-0.1, -0.05) is 24.3 Å². The molecule has 43 heavy (non-hydrogen) atoms. The number of amides is 2. The van der Waals surface area contributed by atoms with Crippen molar-refractivity contribution in [1.29, 1.82) is 0 Å². The number of benzene rings is 2. The van der Waals surface area contributed by atoms with Crippen LogP contribution in [0, 0.1) is 11.8 Å². The lowest BCUT2D eigenvalue weighted by Crippen LogP contribution is -2.50. The van der Waals surface area contributed by atoms with Gasteiger partial charge in [-0.15, -0.1) is 22.6 Å². The third kappa shape index (κ3) is 6.96. The van der Waals surface area contributed by atoms with Gasteiger partial charge < -0.3 is 16.0 Å². The minimum absolute atomic E-state index is 0. The Morgan fingerprint density at radius 1 is 1.02 bits per heavy atom. The minimum Gasteiger partial charge on any atom is -0.330 e. The maximum absolute atomic E-state index is 13.8. The Kier molecular flexibility index (Phi) is 10.0. The summed E-state index contributed by atoms with van der Waals surface area (Å²) in [6.07, 6.45) is 4.64. The summed E-state index contributed by atoms with van der Waals surface area (Å²) in [6, 6.07) is 12.8. The zero-order valence-corrected chi connectivity index (χ0v) is 24.4. The van der Waals surface area contributed by atoms with E-state index < -0.39 is 23.2 Å². The molecule has 1 aliphatic carbocycles. The number of nitrogens with two attached hydrogens (primary N) is 2. The molecule has 14 heteroatoms. The second-order valence-electron chi connectivity index (χ2n) is 10.7. The van der Waals surface area contributed by atoms with Gasteiger partial charge in [-0.05, 0) is 85.2 Å². The largest absolute Gasteiger partial charge is 0.330 e. The number of hydrogen-bond donors (Lipinski definition) is 4. The first kappa shape index (κ1) is 31.5. The normalized spacial score (nSPS) is 17.1. The van der Waals surface area contributed by atoms with Crippen molar-refractivity contribution in [1.82, 2.24) is 30.2 Å². The van der Waals surface area contributed by atoms with Gasteiger partial charge in [0.05, 0.1) is 17.3 Å². The molecule has 0 radical (unpaired) electrons. The first-order valence-corrected chi connectivity index (χ1v) is 13.8. The fraction of sp³-hybridized carbons (Fsp3) is 0.345. The van der Waals surface area contributed by atoms with Crippen LogP contribution in [0.25, 0.3) is 22.5 Å². The maximum atomic E-state index is 13.8. The zero-order valence-electron chi connectivity index (χ0n) is 23.6.